The van der Waals surface area contributed by atoms with Crippen LogP contribution >= 0.6 is 0 Å². The molecule has 2 heterocycles. The van der Waals surface area contributed by atoms with Crippen molar-refractivity contribution in [3.63, 3.8) is 0 Å². The number of nitrogens with zero attached hydrogens (tertiary/aromatic N) is 2. The number of benzene rings is 2. The highest BCUT2D eigenvalue weighted by Gasteiger charge is 2.16. The van der Waals surface area contributed by atoms with Crippen LogP contribution in [0.3, 0.4) is 0 Å². The lowest BCUT2D eigenvalue weighted by Gasteiger charge is -2.16. The molecule has 4 nitrogen and oxygen atoms in total. The van der Waals surface area contributed by atoms with Gasteiger partial charge in [-0.3, -0.25) is 10.1 Å². The summed E-state index contributed by atoms with van der Waals surface area (Å²) < 4.78 is 28.4. The van der Waals surface area contributed by atoms with Gasteiger partial charge in [0, 0.05) is 29.0 Å². The van der Waals surface area contributed by atoms with E-state index in [0.29, 0.717) is 22.3 Å². The van der Waals surface area contributed by atoms with Gasteiger partial charge in [-0.2, -0.15) is 5.10 Å². The van der Waals surface area contributed by atoms with E-state index in [9.17, 15) is 8.78 Å². The molecule has 0 fully saturated rings. The fourth-order valence-corrected chi connectivity index (χ4v) is 4.00. The summed E-state index contributed by atoms with van der Waals surface area (Å²) in [6.45, 7) is 17.8. The lowest BCUT2D eigenvalue weighted by Crippen LogP contribution is -2.11. The zero-order chi connectivity index (χ0) is 27.1. The van der Waals surface area contributed by atoms with Crippen molar-refractivity contribution in [1.82, 2.24) is 20.5 Å². The number of pyridine rings is 1. The molecule has 0 aliphatic carbocycles. The number of rotatable bonds is 7. The minimum Gasteiger partial charge on any atom is -0.358 e. The number of aryl methyl sites for hydroxylation is 1. The zero-order valence-corrected chi connectivity index (χ0v) is 21.9. The highest BCUT2D eigenvalue weighted by molar-refractivity contribution is 5.93. The van der Waals surface area contributed by atoms with Crippen molar-refractivity contribution < 1.29 is 8.78 Å². The Hall–Kier alpha value is -4.32. The molecule has 0 amide bonds. The lowest BCUT2D eigenvalue weighted by molar-refractivity contribution is 0.627. The van der Waals surface area contributed by atoms with E-state index >= 15 is 0 Å². The Kier molecular flexibility index (Phi) is 8.90. The Morgan fingerprint density at radius 1 is 1.05 bits per heavy atom. The van der Waals surface area contributed by atoms with Gasteiger partial charge in [-0.25, -0.2) is 8.78 Å². The normalized spacial score (nSPS) is 11.9. The van der Waals surface area contributed by atoms with Crippen LogP contribution in [0, 0.1) is 18.6 Å². The summed E-state index contributed by atoms with van der Waals surface area (Å²) in [6, 6.07) is 11.6. The molecule has 0 saturated carbocycles. The molecule has 0 saturated heterocycles. The van der Waals surface area contributed by atoms with Gasteiger partial charge in [0.1, 0.15) is 11.3 Å². The first kappa shape index (κ1) is 27.3. The first-order chi connectivity index (χ1) is 17.8. The average Bonchev–Trinajstić information content (AvgIpc) is 3.34. The summed E-state index contributed by atoms with van der Waals surface area (Å²) in [5, 5.41) is 11.0. The van der Waals surface area contributed by atoms with Crippen molar-refractivity contribution in [2.24, 2.45) is 0 Å². The van der Waals surface area contributed by atoms with Crippen molar-refractivity contribution in [1.29, 1.82) is 0 Å². The molecule has 0 atom stereocenters. The van der Waals surface area contributed by atoms with Gasteiger partial charge in [-0.1, -0.05) is 51.3 Å². The molecule has 4 aromatic rings. The molecule has 6 heteroatoms. The maximum absolute atomic E-state index is 14.9. The minimum atomic E-state index is -0.424. The van der Waals surface area contributed by atoms with Crippen LogP contribution in [0.4, 0.5) is 8.78 Å². The molecule has 0 aliphatic rings. The summed E-state index contributed by atoms with van der Waals surface area (Å²) in [4.78, 5) is 4.18. The Labute approximate surface area is 217 Å². The van der Waals surface area contributed by atoms with Gasteiger partial charge in [-0.15, -0.1) is 0 Å². The molecular formula is C31H32F2N4. The first-order valence-corrected chi connectivity index (χ1v) is 12.1. The predicted octanol–water partition coefficient (Wildman–Crippen LogP) is 8.36. The second-order valence-corrected chi connectivity index (χ2v) is 8.32. The molecule has 0 bridgehead atoms. The second kappa shape index (κ2) is 12.1. The van der Waals surface area contributed by atoms with Crippen molar-refractivity contribution in [2.75, 3.05) is 0 Å². The molecule has 0 spiro atoms. The highest BCUT2D eigenvalue weighted by Crippen LogP contribution is 2.31. The first-order valence-electron chi connectivity index (χ1n) is 12.1. The van der Waals surface area contributed by atoms with Crippen LogP contribution in [0.5, 0.6) is 0 Å². The third-order valence-corrected chi connectivity index (χ3v) is 6.01. The number of allylic oxidation sites excluding steroid dienone is 5. The van der Waals surface area contributed by atoms with Crippen molar-refractivity contribution >= 4 is 22.2 Å². The fourth-order valence-electron chi connectivity index (χ4n) is 4.00. The van der Waals surface area contributed by atoms with Crippen LogP contribution in [0.15, 0.2) is 91.4 Å². The van der Waals surface area contributed by atoms with Gasteiger partial charge < -0.3 is 5.32 Å². The smallest absolute Gasteiger partial charge is 0.151 e. The standard InChI is InChI=1S/C29H26F2N4.C2H6/c1-6-7-24(21-8-10-23(30)11-9-21)18(3)19(4)33-20(5)28-25-14-22(15-27(31)29(25)35-34-28)26-16-32-13-12-17(26)2;1-2/h6-16,33H,1,5H2,2-4H3,(H,34,35);1-2H3/b19-18+,24-7+;. The Bertz CT molecular complexity index is 1490. The number of H-pyrrole nitrogens is 1. The maximum Gasteiger partial charge on any atom is 0.151 e. The molecule has 2 aromatic carbocycles. The van der Waals surface area contributed by atoms with E-state index in [4.69, 9.17) is 0 Å². The molecule has 0 unspecified atom stereocenters. The summed E-state index contributed by atoms with van der Waals surface area (Å²) in [5.74, 6) is -0.720. The van der Waals surface area contributed by atoms with Gasteiger partial charge in [0.15, 0.2) is 5.82 Å². The van der Waals surface area contributed by atoms with Gasteiger partial charge in [0.2, 0.25) is 0 Å². The van der Waals surface area contributed by atoms with E-state index in [2.05, 4.69) is 33.7 Å². The number of nitrogens with one attached hydrogen (secondary N) is 2. The van der Waals surface area contributed by atoms with E-state index in [1.165, 1.54) is 18.2 Å². The van der Waals surface area contributed by atoms with Crippen molar-refractivity contribution in [2.45, 2.75) is 34.6 Å². The van der Waals surface area contributed by atoms with E-state index in [0.717, 1.165) is 33.5 Å². The number of halogens is 2. The molecule has 0 aliphatic heterocycles. The number of hydrogen-bond donors (Lipinski definition) is 2. The van der Waals surface area contributed by atoms with Crippen molar-refractivity contribution in [3.05, 3.63) is 120 Å². The largest absolute Gasteiger partial charge is 0.358 e. The molecule has 2 aromatic heterocycles. The van der Waals surface area contributed by atoms with E-state index < -0.39 is 5.82 Å². The molecule has 2 N–H and O–H groups in total. The molecule has 4 rings (SSSR count). The minimum absolute atomic E-state index is 0.241. The summed E-state index contributed by atoms with van der Waals surface area (Å²) in [6.07, 6.45) is 7.00. The number of aromatic nitrogens is 3. The molecule has 37 heavy (non-hydrogen) atoms. The van der Waals surface area contributed by atoms with Crippen LogP contribution in [0.2, 0.25) is 0 Å². The van der Waals surface area contributed by atoms with Crippen LogP contribution < -0.4 is 5.32 Å². The van der Waals surface area contributed by atoms with Gasteiger partial charge in [-0.05, 0) is 78.9 Å². The zero-order valence-electron chi connectivity index (χ0n) is 21.9. The molecule has 0 radical (unpaired) electrons. The summed E-state index contributed by atoms with van der Waals surface area (Å²) in [7, 11) is 0. The van der Waals surface area contributed by atoms with Gasteiger partial charge in [0.25, 0.3) is 0 Å². The maximum atomic E-state index is 14.9. The van der Waals surface area contributed by atoms with E-state index in [1.54, 1.807) is 30.6 Å². The van der Waals surface area contributed by atoms with Crippen LogP contribution in [0.25, 0.3) is 33.3 Å². The number of fused-ring (bicyclic) bond motifs is 1. The van der Waals surface area contributed by atoms with Crippen LogP contribution in [0.1, 0.15) is 44.5 Å². The Balaban J connectivity index is 0.00000186. The fraction of sp³-hybridized carbons (Fsp3) is 0.161. The number of hydrogen-bond acceptors (Lipinski definition) is 3. The number of aromatic amines is 1. The monoisotopic (exact) mass is 498 g/mol. The SMILES string of the molecule is C=C/C=C(\C(C)=C(/C)NC(=C)c1[nH]nc2c(F)cc(-c3cnccc3C)cc12)c1ccc(F)cc1.CC. The Morgan fingerprint density at radius 3 is 2.41 bits per heavy atom. The van der Waals surface area contributed by atoms with E-state index in [1.807, 2.05) is 52.8 Å². The average molecular weight is 499 g/mol. The van der Waals surface area contributed by atoms with Crippen LogP contribution in [-0.4, -0.2) is 15.2 Å². The lowest BCUT2D eigenvalue weighted by atomic mass is 9.97. The third-order valence-electron chi connectivity index (χ3n) is 6.01. The highest BCUT2D eigenvalue weighted by atomic mass is 19.1. The summed E-state index contributed by atoms with van der Waals surface area (Å²) in [5.41, 5.74) is 7.45. The van der Waals surface area contributed by atoms with Crippen LogP contribution in [-0.2, 0) is 0 Å². The predicted molar refractivity (Wildman–Crippen MR) is 150 cm³/mol. The summed E-state index contributed by atoms with van der Waals surface area (Å²) >= 11 is 0. The second-order valence-electron chi connectivity index (χ2n) is 8.32. The molecule has 190 valence electrons. The van der Waals surface area contributed by atoms with Gasteiger partial charge >= 0.3 is 0 Å². The quantitative estimate of drug-likeness (QED) is 0.252. The van der Waals surface area contributed by atoms with Gasteiger partial charge in [0.05, 0.1) is 11.4 Å². The third kappa shape index (κ3) is 5.92. The Morgan fingerprint density at radius 2 is 1.76 bits per heavy atom. The van der Waals surface area contributed by atoms with Crippen molar-refractivity contribution in [3.8, 4) is 11.1 Å². The molecular weight excluding hydrogens is 466 g/mol. The van der Waals surface area contributed by atoms with E-state index in [-0.39, 0.29) is 11.3 Å². The topological polar surface area (TPSA) is 53.6 Å².